The highest BCUT2D eigenvalue weighted by Crippen LogP contribution is 2.50. The van der Waals surface area contributed by atoms with Crippen LogP contribution in [0.15, 0.2) is 16.6 Å². The quantitative estimate of drug-likeness (QED) is 0.675. The van der Waals surface area contributed by atoms with Gasteiger partial charge in [0.15, 0.2) is 11.5 Å². The molecule has 2 fully saturated rings. The third-order valence-corrected chi connectivity index (χ3v) is 6.85. The number of fused-ring (bicyclic) bond motifs is 1. The first-order chi connectivity index (χ1) is 13.1. The number of nitrogens with one attached hydrogen (secondary N) is 1. The third kappa shape index (κ3) is 4.18. The van der Waals surface area contributed by atoms with Crippen molar-refractivity contribution in [2.24, 2.45) is 17.8 Å². The van der Waals surface area contributed by atoms with Gasteiger partial charge in [-0.25, -0.2) is 0 Å². The van der Waals surface area contributed by atoms with Crippen LogP contribution in [0.5, 0.6) is 11.5 Å². The summed E-state index contributed by atoms with van der Waals surface area (Å²) in [5.41, 5.74) is 0.324. The third-order valence-electron chi connectivity index (χ3n) is 6.39. The Labute approximate surface area is 176 Å². The van der Waals surface area contributed by atoms with Gasteiger partial charge in [0, 0.05) is 33.8 Å². The summed E-state index contributed by atoms with van der Waals surface area (Å²) in [5, 5.41) is 14.1. The molecule has 1 heterocycles. The minimum absolute atomic E-state index is 0.0596. The number of carbonyl (C=O) groups is 1. The number of ether oxygens (including phenoxy) is 2. The zero-order chi connectivity index (χ0) is 20.6. The largest absolute Gasteiger partial charge is 0.504 e. The lowest BCUT2D eigenvalue weighted by atomic mass is 9.66. The molecule has 0 aromatic heterocycles. The number of halogens is 1. The highest BCUT2D eigenvalue weighted by molar-refractivity contribution is 9.10. The van der Waals surface area contributed by atoms with Crippen LogP contribution in [0.2, 0.25) is 0 Å². The Bertz CT molecular complexity index is 737. The molecule has 1 aliphatic heterocycles. The number of rotatable bonds is 4. The summed E-state index contributed by atoms with van der Waals surface area (Å²) in [7, 11) is 1.54. The highest BCUT2D eigenvalue weighted by Gasteiger charge is 2.50. The fourth-order valence-electron chi connectivity index (χ4n) is 4.75. The SMILES string of the molecule is COc1cc(Br)cc([C@@H]2C[C@](C)(NC(=O)C(C)C)[C@H]3CC[C@H](C)C[C@@H]3O2)c1O. The molecular weight excluding hydrogens is 422 g/mol. The fraction of sp³-hybridized carbons (Fsp3) is 0.682. The summed E-state index contributed by atoms with van der Waals surface area (Å²) >= 11 is 3.50. The summed E-state index contributed by atoms with van der Waals surface area (Å²) in [4.78, 5) is 12.6. The van der Waals surface area contributed by atoms with Gasteiger partial charge in [0.25, 0.3) is 0 Å². The number of phenols is 1. The molecular formula is C22H32BrNO4. The van der Waals surface area contributed by atoms with Crippen molar-refractivity contribution in [2.45, 2.75) is 71.1 Å². The highest BCUT2D eigenvalue weighted by atomic mass is 79.9. The zero-order valence-corrected chi connectivity index (χ0v) is 19.0. The van der Waals surface area contributed by atoms with Crippen molar-refractivity contribution in [3.63, 3.8) is 0 Å². The minimum Gasteiger partial charge on any atom is -0.504 e. The Morgan fingerprint density at radius 2 is 2.11 bits per heavy atom. The maximum absolute atomic E-state index is 12.6. The minimum atomic E-state index is -0.378. The van der Waals surface area contributed by atoms with Crippen molar-refractivity contribution in [2.75, 3.05) is 7.11 Å². The molecule has 1 aliphatic carbocycles. The molecule has 1 saturated heterocycles. The van der Waals surface area contributed by atoms with Crippen molar-refractivity contribution in [1.29, 1.82) is 0 Å². The molecule has 0 unspecified atom stereocenters. The van der Waals surface area contributed by atoms with Crippen LogP contribution in [0.25, 0.3) is 0 Å². The van der Waals surface area contributed by atoms with Crippen molar-refractivity contribution in [3.8, 4) is 11.5 Å². The number of phenolic OH excluding ortho intramolecular Hbond substituents is 1. The molecule has 3 rings (SSSR count). The van der Waals surface area contributed by atoms with Gasteiger partial charge in [0.2, 0.25) is 5.91 Å². The summed E-state index contributed by atoms with van der Waals surface area (Å²) < 4.78 is 12.7. The number of benzene rings is 1. The summed E-state index contributed by atoms with van der Waals surface area (Å²) in [6.07, 6.45) is 3.54. The summed E-state index contributed by atoms with van der Waals surface area (Å²) in [6.45, 7) is 8.23. The Morgan fingerprint density at radius 1 is 1.39 bits per heavy atom. The van der Waals surface area contributed by atoms with E-state index in [9.17, 15) is 9.90 Å². The molecule has 1 saturated carbocycles. The zero-order valence-electron chi connectivity index (χ0n) is 17.4. The van der Waals surface area contributed by atoms with E-state index in [2.05, 4.69) is 35.1 Å². The smallest absolute Gasteiger partial charge is 0.222 e. The van der Waals surface area contributed by atoms with E-state index in [1.165, 1.54) is 0 Å². The fourth-order valence-corrected chi connectivity index (χ4v) is 5.21. The van der Waals surface area contributed by atoms with Gasteiger partial charge >= 0.3 is 0 Å². The molecule has 156 valence electrons. The molecule has 2 aliphatic rings. The van der Waals surface area contributed by atoms with Crippen LogP contribution in [-0.2, 0) is 9.53 Å². The maximum Gasteiger partial charge on any atom is 0.222 e. The monoisotopic (exact) mass is 453 g/mol. The van der Waals surface area contributed by atoms with E-state index in [0.717, 1.165) is 23.7 Å². The molecule has 2 N–H and O–H groups in total. The predicted molar refractivity (Wildman–Crippen MR) is 112 cm³/mol. The van der Waals surface area contributed by atoms with E-state index in [1.807, 2.05) is 19.9 Å². The number of methoxy groups -OCH3 is 1. The van der Waals surface area contributed by atoms with Crippen LogP contribution in [0, 0.1) is 17.8 Å². The maximum atomic E-state index is 12.6. The predicted octanol–water partition coefficient (Wildman–Crippen LogP) is 4.96. The summed E-state index contributed by atoms with van der Waals surface area (Å²) in [6, 6.07) is 3.63. The molecule has 1 aromatic carbocycles. The number of carbonyl (C=O) groups excluding carboxylic acids is 1. The van der Waals surface area contributed by atoms with E-state index in [-0.39, 0.29) is 41.2 Å². The first kappa shape index (κ1) is 21.4. The topological polar surface area (TPSA) is 67.8 Å². The lowest BCUT2D eigenvalue weighted by molar-refractivity contribution is -0.155. The van der Waals surface area contributed by atoms with E-state index in [4.69, 9.17) is 9.47 Å². The normalized spacial score (nSPS) is 32.7. The lowest BCUT2D eigenvalue weighted by Crippen LogP contribution is -2.61. The number of aromatic hydroxyl groups is 1. The number of hydrogen-bond acceptors (Lipinski definition) is 4. The lowest BCUT2D eigenvalue weighted by Gasteiger charge is -2.52. The second-order valence-electron chi connectivity index (χ2n) is 9.00. The van der Waals surface area contributed by atoms with Crippen molar-refractivity contribution in [3.05, 3.63) is 22.2 Å². The van der Waals surface area contributed by atoms with E-state index in [0.29, 0.717) is 23.7 Å². The standard InChI is InChI=1S/C22H32BrNO4/c1-12(2)21(26)24-22(4)11-19(28-17-8-13(3)6-7-16(17)22)15-9-14(23)10-18(27-5)20(15)25/h9-10,12-13,16-17,19,25H,6-8,11H2,1-5H3,(H,24,26)/t13-,16-,17-,19-,22-/m0/s1. The van der Waals surface area contributed by atoms with E-state index >= 15 is 0 Å². The second kappa shape index (κ2) is 8.23. The first-order valence-electron chi connectivity index (χ1n) is 10.2. The van der Waals surface area contributed by atoms with Gasteiger partial charge in [-0.2, -0.15) is 0 Å². The van der Waals surface area contributed by atoms with Crippen LogP contribution in [-0.4, -0.2) is 29.8 Å². The van der Waals surface area contributed by atoms with Gasteiger partial charge in [-0.15, -0.1) is 0 Å². The van der Waals surface area contributed by atoms with Crippen LogP contribution in [0.3, 0.4) is 0 Å². The average Bonchev–Trinajstić information content (AvgIpc) is 2.62. The second-order valence-corrected chi connectivity index (χ2v) is 9.91. The molecule has 5 nitrogen and oxygen atoms in total. The molecule has 0 spiro atoms. The Balaban J connectivity index is 1.98. The average molecular weight is 454 g/mol. The van der Waals surface area contributed by atoms with Crippen molar-refractivity contribution < 1.29 is 19.4 Å². The number of amides is 1. The van der Waals surface area contributed by atoms with E-state index in [1.54, 1.807) is 13.2 Å². The van der Waals surface area contributed by atoms with Gasteiger partial charge in [0.05, 0.1) is 19.3 Å². The van der Waals surface area contributed by atoms with Crippen LogP contribution in [0.1, 0.15) is 65.0 Å². The van der Waals surface area contributed by atoms with E-state index < -0.39 is 0 Å². The van der Waals surface area contributed by atoms with Gasteiger partial charge in [-0.3, -0.25) is 4.79 Å². The molecule has 0 bridgehead atoms. The van der Waals surface area contributed by atoms with Crippen molar-refractivity contribution >= 4 is 21.8 Å². The molecule has 0 radical (unpaired) electrons. The molecule has 6 heteroatoms. The Hall–Kier alpha value is -1.27. The number of hydrogen-bond donors (Lipinski definition) is 2. The van der Waals surface area contributed by atoms with Crippen LogP contribution >= 0.6 is 15.9 Å². The molecule has 5 atom stereocenters. The van der Waals surface area contributed by atoms with Gasteiger partial charge in [-0.1, -0.05) is 43.1 Å². The first-order valence-corrected chi connectivity index (χ1v) is 11.0. The summed E-state index contributed by atoms with van der Waals surface area (Å²) in [5.74, 6) is 1.39. The van der Waals surface area contributed by atoms with Gasteiger partial charge < -0.3 is 19.9 Å². The van der Waals surface area contributed by atoms with Crippen molar-refractivity contribution in [1.82, 2.24) is 5.32 Å². The van der Waals surface area contributed by atoms with Crippen LogP contribution < -0.4 is 10.1 Å². The molecule has 28 heavy (non-hydrogen) atoms. The van der Waals surface area contributed by atoms with Crippen LogP contribution in [0.4, 0.5) is 0 Å². The molecule has 1 amide bonds. The Morgan fingerprint density at radius 3 is 2.75 bits per heavy atom. The molecule has 1 aromatic rings. The van der Waals surface area contributed by atoms with Gasteiger partial charge in [-0.05, 0) is 37.8 Å². The Kier molecular flexibility index (Phi) is 6.30. The van der Waals surface area contributed by atoms with Gasteiger partial charge in [0.1, 0.15) is 0 Å².